The van der Waals surface area contributed by atoms with E-state index >= 15 is 0 Å². The van der Waals surface area contributed by atoms with Crippen molar-refractivity contribution in [1.29, 1.82) is 0 Å². The normalized spacial score (nSPS) is 25.1. The van der Waals surface area contributed by atoms with E-state index in [1.54, 1.807) is 48.5 Å². The Morgan fingerprint density at radius 3 is 2.40 bits per heavy atom. The van der Waals surface area contributed by atoms with Crippen molar-refractivity contribution in [2.24, 2.45) is 5.92 Å². The van der Waals surface area contributed by atoms with E-state index in [1.165, 1.54) is 18.2 Å². The number of benzene rings is 4. The number of ether oxygens (including phenoxy) is 4. The smallest absolute Gasteiger partial charge is 0.336 e. The lowest BCUT2D eigenvalue weighted by Gasteiger charge is -2.58. The molecule has 2 saturated heterocycles. The molecule has 2 bridgehead atoms. The number of carbonyl (C=O) groups is 1. The summed E-state index contributed by atoms with van der Waals surface area (Å²) in [6, 6.07) is 25.4. The number of hydrogen-bond donors (Lipinski definition) is 11. The summed E-state index contributed by atoms with van der Waals surface area (Å²) in [5.74, 6) is -3.53. The number of carboxylic acid groups (broad SMARTS) is 1. The highest BCUT2D eigenvalue weighted by Crippen LogP contribution is 2.52. The molecule has 12 N–H and O–H groups in total. The summed E-state index contributed by atoms with van der Waals surface area (Å²) >= 11 is 0. The molecule has 2 fully saturated rings. The fourth-order valence-electron chi connectivity index (χ4n) is 9.37. The van der Waals surface area contributed by atoms with Gasteiger partial charge in [-0.05, 0) is 84.1 Å². The zero-order chi connectivity index (χ0) is 47.2. The standard InChI is InChI=1S/C49H50N4O14/c1-2-25-14-27(17-30(54)16-25)22-64-43-38(19-37-40(42(43)57)34(55)18-36(65-37)28-8-10-31(11-9-28)63-23-35(56)32-12-13-39(50)53-32)66-47-48(61)20-29(15-26-6-4-3-5-7-26)41(33-21-51-24-52-33)49(62,46(48)60)44(67-47)45(58)59/h3-14,16-20,33,35,41,44,46-47,51-54,56-57,60-62H,2,15,21-24,50H2,1H3,(H,58,59). The number of rotatable bonds is 15. The van der Waals surface area contributed by atoms with Gasteiger partial charge in [0, 0.05) is 48.6 Å². The second kappa shape index (κ2) is 18.1. The molecule has 350 valence electrons. The van der Waals surface area contributed by atoms with Crippen LogP contribution in [0.25, 0.3) is 22.3 Å². The van der Waals surface area contributed by atoms with Gasteiger partial charge in [-0.2, -0.15) is 0 Å². The van der Waals surface area contributed by atoms with Crippen LogP contribution in [-0.2, 0) is 29.0 Å². The van der Waals surface area contributed by atoms with E-state index in [0.29, 0.717) is 53.6 Å². The molecule has 2 aliphatic heterocycles. The number of aromatic nitrogens is 1. The number of fused-ring (bicyclic) bond motifs is 3. The first-order chi connectivity index (χ1) is 32.2. The molecule has 1 aliphatic carbocycles. The minimum atomic E-state index is -2.63. The molecule has 6 aromatic rings. The lowest BCUT2D eigenvalue weighted by molar-refractivity contribution is -0.344. The van der Waals surface area contributed by atoms with Gasteiger partial charge in [-0.15, -0.1) is 0 Å². The third-order valence-electron chi connectivity index (χ3n) is 12.6. The third-order valence-corrected chi connectivity index (χ3v) is 12.6. The van der Waals surface area contributed by atoms with Gasteiger partial charge in [0.25, 0.3) is 0 Å². The lowest BCUT2D eigenvalue weighted by Crippen LogP contribution is -2.79. The fourth-order valence-corrected chi connectivity index (χ4v) is 9.37. The molecular formula is C49H50N4O14. The van der Waals surface area contributed by atoms with Gasteiger partial charge < -0.3 is 75.1 Å². The first-order valence-electron chi connectivity index (χ1n) is 21.7. The molecule has 2 aromatic heterocycles. The molecule has 8 atom stereocenters. The summed E-state index contributed by atoms with van der Waals surface area (Å²) in [5.41, 5.74) is 2.88. The fraction of sp³-hybridized carbons (Fsp3) is 0.306. The lowest BCUT2D eigenvalue weighted by atomic mass is 9.59. The Balaban J connectivity index is 1.12. The van der Waals surface area contributed by atoms with Crippen LogP contribution in [0.4, 0.5) is 5.82 Å². The SMILES string of the molecule is CCc1cc(O)cc(COc2c(OC3OC(C(=O)O)C4(O)C(C5CNCN5)C(Cc5ccccc5)=CC3(O)C4O)cc3oc(-c4ccc(OCC(O)c5ccc(N)[nH]5)cc4)cc(=O)c3c2O)c1. The largest absolute Gasteiger partial charge is 0.508 e. The van der Waals surface area contributed by atoms with Gasteiger partial charge in [0.05, 0.1) is 0 Å². The highest BCUT2D eigenvalue weighted by Gasteiger charge is 2.71. The highest BCUT2D eigenvalue weighted by molar-refractivity contribution is 5.89. The number of anilines is 1. The molecule has 0 saturated carbocycles. The summed E-state index contributed by atoms with van der Waals surface area (Å²) in [6.07, 6.45) is -5.42. The Hall–Kier alpha value is -6.90. The van der Waals surface area contributed by atoms with Crippen molar-refractivity contribution in [3.63, 3.8) is 0 Å². The topological polar surface area (TPSA) is 292 Å². The summed E-state index contributed by atoms with van der Waals surface area (Å²) in [5, 5.41) is 86.9. The van der Waals surface area contributed by atoms with E-state index in [2.05, 4.69) is 15.6 Å². The van der Waals surface area contributed by atoms with Gasteiger partial charge in [-0.3, -0.25) is 10.1 Å². The average Bonchev–Trinajstić information content (AvgIpc) is 4.00. The van der Waals surface area contributed by atoms with Crippen molar-refractivity contribution >= 4 is 22.8 Å². The molecule has 4 heterocycles. The Kier molecular flexibility index (Phi) is 12.2. The van der Waals surface area contributed by atoms with Crippen LogP contribution in [0.3, 0.4) is 0 Å². The van der Waals surface area contributed by atoms with E-state index in [-0.39, 0.29) is 42.1 Å². The number of nitrogens with one attached hydrogen (secondary N) is 3. The van der Waals surface area contributed by atoms with Crippen molar-refractivity contribution in [2.75, 3.05) is 25.6 Å². The number of aromatic hydroxyl groups is 2. The molecule has 18 nitrogen and oxygen atoms in total. The minimum Gasteiger partial charge on any atom is -0.508 e. The van der Waals surface area contributed by atoms with Gasteiger partial charge >= 0.3 is 5.97 Å². The second-order valence-electron chi connectivity index (χ2n) is 17.1. The van der Waals surface area contributed by atoms with Crippen LogP contribution in [0, 0.1) is 5.92 Å². The quantitative estimate of drug-likeness (QED) is 0.0659. The molecule has 9 rings (SSSR count). The zero-order valence-electron chi connectivity index (χ0n) is 36.1. The third kappa shape index (κ3) is 8.55. The van der Waals surface area contributed by atoms with E-state index in [0.717, 1.165) is 17.2 Å². The van der Waals surface area contributed by atoms with Crippen molar-refractivity contribution in [3.8, 4) is 40.1 Å². The Bertz CT molecular complexity index is 2880. The number of hydrogen-bond acceptors (Lipinski definition) is 16. The summed E-state index contributed by atoms with van der Waals surface area (Å²) < 4.78 is 30.5. The summed E-state index contributed by atoms with van der Waals surface area (Å²) in [4.78, 5) is 30.0. The number of phenols is 2. The Morgan fingerprint density at radius 1 is 0.955 bits per heavy atom. The number of carboxylic acids is 1. The van der Waals surface area contributed by atoms with E-state index in [4.69, 9.17) is 29.1 Å². The number of aromatic amines is 1. The molecule has 0 amide bonds. The van der Waals surface area contributed by atoms with Crippen molar-refractivity contribution < 1.29 is 63.9 Å². The van der Waals surface area contributed by atoms with Crippen molar-refractivity contribution in [3.05, 3.63) is 141 Å². The monoisotopic (exact) mass is 918 g/mol. The predicted molar refractivity (Wildman–Crippen MR) is 241 cm³/mol. The van der Waals surface area contributed by atoms with Gasteiger partial charge in [-0.1, -0.05) is 48.9 Å². The first-order valence-corrected chi connectivity index (χ1v) is 21.7. The number of H-pyrrole nitrogens is 1. The number of nitrogens with two attached hydrogens (primary N) is 1. The van der Waals surface area contributed by atoms with Crippen LogP contribution < -0.4 is 36.0 Å². The maximum atomic E-state index is 13.9. The number of aliphatic hydroxyl groups is 4. The molecule has 0 spiro atoms. The number of aliphatic carboxylic acids is 1. The average molecular weight is 919 g/mol. The number of phenolic OH excluding ortho intramolecular Hbond substituents is 2. The maximum Gasteiger partial charge on any atom is 0.336 e. The van der Waals surface area contributed by atoms with Crippen LogP contribution in [0.5, 0.6) is 28.7 Å². The Morgan fingerprint density at radius 2 is 1.72 bits per heavy atom. The molecule has 3 aliphatic rings. The van der Waals surface area contributed by atoms with Gasteiger partial charge in [0.15, 0.2) is 28.6 Å². The highest BCUT2D eigenvalue weighted by atomic mass is 16.7. The molecule has 67 heavy (non-hydrogen) atoms. The molecular weight excluding hydrogens is 869 g/mol. The molecule has 0 radical (unpaired) electrons. The predicted octanol–water partition coefficient (Wildman–Crippen LogP) is 3.36. The van der Waals surface area contributed by atoms with E-state index < -0.39 is 76.4 Å². The maximum absolute atomic E-state index is 13.9. The number of aryl methyl sites for hydroxylation is 1. The number of nitrogen functional groups attached to an aromatic ring is 1. The summed E-state index contributed by atoms with van der Waals surface area (Å²) in [6.45, 7) is 2.16. The van der Waals surface area contributed by atoms with Crippen LogP contribution in [0.2, 0.25) is 0 Å². The summed E-state index contributed by atoms with van der Waals surface area (Å²) in [7, 11) is 0. The minimum absolute atomic E-state index is 0.0407. The molecule has 18 heteroatoms. The molecule has 4 aromatic carbocycles. The van der Waals surface area contributed by atoms with E-state index in [1.807, 2.05) is 37.3 Å². The first kappa shape index (κ1) is 45.3. The zero-order valence-corrected chi connectivity index (χ0v) is 36.1. The van der Waals surface area contributed by atoms with E-state index in [9.17, 15) is 45.3 Å². The van der Waals surface area contributed by atoms with Crippen LogP contribution >= 0.6 is 0 Å². The van der Waals surface area contributed by atoms with Crippen molar-refractivity contribution in [1.82, 2.24) is 15.6 Å². The van der Waals surface area contributed by atoms with Crippen LogP contribution in [0.15, 0.2) is 118 Å². The van der Waals surface area contributed by atoms with Gasteiger partial charge in [-0.25, -0.2) is 4.79 Å². The van der Waals surface area contributed by atoms with Gasteiger partial charge in [0.2, 0.25) is 12.0 Å². The Labute approximate surface area is 382 Å². The number of aliphatic hydroxyl groups excluding tert-OH is 2. The molecule has 8 unspecified atom stereocenters. The second-order valence-corrected chi connectivity index (χ2v) is 17.1. The van der Waals surface area contributed by atoms with Gasteiger partial charge in [0.1, 0.15) is 65.1 Å². The van der Waals surface area contributed by atoms with Crippen LogP contribution in [-0.4, -0.2) is 102 Å². The van der Waals surface area contributed by atoms with Crippen LogP contribution in [0.1, 0.15) is 35.4 Å². The van der Waals surface area contributed by atoms with Crippen molar-refractivity contribution in [2.45, 2.75) is 68.2 Å².